The molecule has 2 rings (SSSR count). The van der Waals surface area contributed by atoms with E-state index in [2.05, 4.69) is 15.9 Å². The lowest BCUT2D eigenvalue weighted by molar-refractivity contribution is 0.0913. The van der Waals surface area contributed by atoms with Gasteiger partial charge >= 0.3 is 0 Å². The van der Waals surface area contributed by atoms with Crippen molar-refractivity contribution >= 4 is 44.3 Å². The Morgan fingerprint density at radius 2 is 2.12 bits per heavy atom. The van der Waals surface area contributed by atoms with Gasteiger partial charge in [0.2, 0.25) is 5.78 Å². The van der Waals surface area contributed by atoms with Crippen LogP contribution < -0.4 is 0 Å². The molecular weight excluding hydrogens is 310 g/mol. The largest absolute Gasteiger partial charge is 0.452 e. The predicted molar refractivity (Wildman–Crippen MR) is 68.1 cm³/mol. The fourth-order valence-electron chi connectivity index (χ4n) is 1.51. The maximum Gasteiger partial charge on any atom is 0.200 e. The second-order valence-corrected chi connectivity index (χ2v) is 5.29. The molecule has 0 saturated heterocycles. The minimum Gasteiger partial charge on any atom is -0.452 e. The number of halogens is 3. The molecule has 0 saturated carbocycles. The Bertz CT molecular complexity index is 604. The number of Topliss-reactive ketones (excluding diaryl/α,β-unsaturated/α-hetero) is 1. The molecule has 1 aromatic carbocycles. The minimum absolute atomic E-state index is 0.00581. The molecule has 0 aliphatic rings. The first-order valence-electron chi connectivity index (χ1n) is 5.03. The van der Waals surface area contributed by atoms with Gasteiger partial charge in [-0.05, 0) is 28.1 Å². The number of rotatable bonds is 2. The summed E-state index contributed by atoms with van der Waals surface area (Å²) in [5.41, 5.74) is 0.302. The van der Waals surface area contributed by atoms with E-state index in [9.17, 15) is 9.18 Å². The monoisotopic (exact) mass is 318 g/mol. The normalized spacial score (nSPS) is 11.4. The third kappa shape index (κ3) is 2.11. The zero-order chi connectivity index (χ0) is 12.7. The van der Waals surface area contributed by atoms with Gasteiger partial charge in [0.15, 0.2) is 17.2 Å². The van der Waals surface area contributed by atoms with Gasteiger partial charge in [-0.15, -0.1) is 0 Å². The number of carbonyl (C=O) groups is 1. The van der Waals surface area contributed by atoms with E-state index in [0.29, 0.717) is 10.1 Å². The average molecular weight is 320 g/mol. The van der Waals surface area contributed by atoms with E-state index in [4.69, 9.17) is 16.0 Å². The lowest BCUT2D eigenvalue weighted by atomic mass is 10.1. The van der Waals surface area contributed by atoms with Crippen molar-refractivity contribution in [2.24, 2.45) is 5.92 Å². The second-order valence-electron chi connectivity index (χ2n) is 4.03. The van der Waals surface area contributed by atoms with Crippen LogP contribution in [-0.2, 0) is 0 Å². The third-order valence-corrected chi connectivity index (χ3v) is 3.28. The summed E-state index contributed by atoms with van der Waals surface area (Å²) in [5.74, 6) is -0.787. The Morgan fingerprint density at radius 1 is 1.47 bits per heavy atom. The minimum atomic E-state index is -0.573. The van der Waals surface area contributed by atoms with E-state index < -0.39 is 5.82 Å². The lowest BCUT2D eigenvalue weighted by Gasteiger charge is -1.98. The number of benzene rings is 1. The molecule has 0 bridgehead atoms. The van der Waals surface area contributed by atoms with Gasteiger partial charge in [-0.1, -0.05) is 25.4 Å². The maximum absolute atomic E-state index is 13.7. The zero-order valence-corrected chi connectivity index (χ0v) is 11.5. The van der Waals surface area contributed by atoms with Crippen molar-refractivity contribution in [2.45, 2.75) is 13.8 Å². The van der Waals surface area contributed by atoms with E-state index in [1.807, 2.05) is 0 Å². The molecule has 1 aromatic heterocycles. The van der Waals surface area contributed by atoms with Crippen molar-refractivity contribution in [3.8, 4) is 0 Å². The molecule has 0 spiro atoms. The molecular formula is C12H9BrClFO2. The highest BCUT2D eigenvalue weighted by molar-refractivity contribution is 9.10. The van der Waals surface area contributed by atoms with Gasteiger partial charge < -0.3 is 4.42 Å². The molecule has 5 heteroatoms. The summed E-state index contributed by atoms with van der Waals surface area (Å²) < 4.78 is 19.6. The first kappa shape index (κ1) is 12.6. The highest BCUT2D eigenvalue weighted by atomic mass is 79.9. The Hall–Kier alpha value is -0.870. The smallest absolute Gasteiger partial charge is 0.200 e. The van der Waals surface area contributed by atoms with Crippen LogP contribution in [0.4, 0.5) is 4.39 Å². The van der Waals surface area contributed by atoms with E-state index >= 15 is 0 Å². The van der Waals surface area contributed by atoms with E-state index in [-0.39, 0.29) is 27.9 Å². The van der Waals surface area contributed by atoms with Gasteiger partial charge in [0.05, 0.1) is 14.9 Å². The topological polar surface area (TPSA) is 30.2 Å². The summed E-state index contributed by atoms with van der Waals surface area (Å²) >= 11 is 8.94. The van der Waals surface area contributed by atoms with Crippen LogP contribution in [0.1, 0.15) is 24.4 Å². The number of hydrogen-bond donors (Lipinski definition) is 0. The Labute approximate surface area is 111 Å². The first-order chi connectivity index (χ1) is 7.91. The molecule has 0 aliphatic carbocycles. The van der Waals surface area contributed by atoms with Crippen LogP contribution in [0.2, 0.25) is 5.02 Å². The molecule has 2 nitrogen and oxygen atoms in total. The summed E-state index contributed by atoms with van der Waals surface area (Å²) in [6, 6.07) is 2.80. The first-order valence-corrected chi connectivity index (χ1v) is 6.20. The van der Waals surface area contributed by atoms with Crippen molar-refractivity contribution < 1.29 is 13.6 Å². The van der Waals surface area contributed by atoms with Crippen molar-refractivity contribution in [1.82, 2.24) is 0 Å². The Kier molecular flexibility index (Phi) is 3.27. The Morgan fingerprint density at radius 3 is 2.71 bits per heavy atom. The third-order valence-electron chi connectivity index (χ3n) is 2.42. The highest BCUT2D eigenvalue weighted by Crippen LogP contribution is 2.34. The lowest BCUT2D eigenvalue weighted by Crippen LogP contribution is -2.05. The second kappa shape index (κ2) is 4.42. The van der Waals surface area contributed by atoms with Gasteiger partial charge in [0.25, 0.3) is 0 Å². The van der Waals surface area contributed by atoms with Crippen LogP contribution in [0.3, 0.4) is 0 Å². The standard InChI is InChI=1S/C12H9BrClFO2/c1-5(2)11(16)9-3-6-10(15)8(14)4-7(13)12(6)17-9/h3-5H,1-2H3. The van der Waals surface area contributed by atoms with Crippen LogP contribution >= 0.6 is 27.5 Å². The highest BCUT2D eigenvalue weighted by Gasteiger charge is 2.20. The van der Waals surface area contributed by atoms with Gasteiger partial charge in [0, 0.05) is 5.92 Å². The number of furan rings is 1. The number of ketones is 1. The fourth-order valence-corrected chi connectivity index (χ4v) is 2.37. The molecule has 0 radical (unpaired) electrons. The summed E-state index contributed by atoms with van der Waals surface area (Å²) in [6.07, 6.45) is 0. The quantitative estimate of drug-likeness (QED) is 0.586. The molecule has 0 amide bonds. The average Bonchev–Trinajstić information content (AvgIpc) is 2.70. The molecule has 0 aliphatic heterocycles. The zero-order valence-electron chi connectivity index (χ0n) is 9.18. The van der Waals surface area contributed by atoms with Crippen LogP contribution in [-0.4, -0.2) is 5.78 Å². The van der Waals surface area contributed by atoms with Crippen molar-refractivity contribution in [3.63, 3.8) is 0 Å². The van der Waals surface area contributed by atoms with Crippen LogP contribution in [0, 0.1) is 11.7 Å². The molecule has 1 heterocycles. The van der Waals surface area contributed by atoms with Gasteiger partial charge in [-0.25, -0.2) is 4.39 Å². The molecule has 0 unspecified atom stereocenters. The number of fused-ring (bicyclic) bond motifs is 1. The number of hydrogen-bond acceptors (Lipinski definition) is 2. The van der Waals surface area contributed by atoms with Gasteiger partial charge in [0.1, 0.15) is 0 Å². The summed E-state index contributed by atoms with van der Waals surface area (Å²) in [7, 11) is 0. The van der Waals surface area contributed by atoms with Crippen molar-refractivity contribution in [1.29, 1.82) is 0 Å². The molecule has 0 atom stereocenters. The van der Waals surface area contributed by atoms with E-state index in [1.54, 1.807) is 13.8 Å². The van der Waals surface area contributed by atoms with Crippen molar-refractivity contribution in [2.75, 3.05) is 0 Å². The SMILES string of the molecule is CC(C)C(=O)c1cc2c(F)c(Cl)cc(Br)c2o1. The maximum atomic E-state index is 13.7. The van der Waals surface area contributed by atoms with Crippen LogP contribution in [0.15, 0.2) is 21.0 Å². The summed E-state index contributed by atoms with van der Waals surface area (Å²) in [5, 5.41) is 0.210. The van der Waals surface area contributed by atoms with Gasteiger partial charge in [-0.2, -0.15) is 0 Å². The molecule has 0 fully saturated rings. The van der Waals surface area contributed by atoms with Crippen LogP contribution in [0.25, 0.3) is 11.0 Å². The Balaban J connectivity index is 2.69. The predicted octanol–water partition coefficient (Wildman–Crippen LogP) is 4.83. The van der Waals surface area contributed by atoms with E-state index in [1.165, 1.54) is 12.1 Å². The van der Waals surface area contributed by atoms with E-state index in [0.717, 1.165) is 0 Å². The fraction of sp³-hybridized carbons (Fsp3) is 0.250. The van der Waals surface area contributed by atoms with Crippen LogP contribution in [0.5, 0.6) is 0 Å². The number of carbonyl (C=O) groups excluding carboxylic acids is 1. The molecule has 90 valence electrons. The summed E-state index contributed by atoms with van der Waals surface area (Å²) in [4.78, 5) is 11.8. The molecule has 17 heavy (non-hydrogen) atoms. The van der Waals surface area contributed by atoms with Crippen molar-refractivity contribution in [3.05, 3.63) is 33.2 Å². The molecule has 0 N–H and O–H groups in total. The van der Waals surface area contributed by atoms with Gasteiger partial charge in [-0.3, -0.25) is 4.79 Å². The summed E-state index contributed by atoms with van der Waals surface area (Å²) in [6.45, 7) is 3.52. The molecule has 2 aromatic rings.